The maximum absolute atomic E-state index is 11.3. The molecule has 7 heteroatoms. The molecule has 2 fully saturated rings. The molecule has 3 rings (SSSR count). The van der Waals surface area contributed by atoms with E-state index in [2.05, 4.69) is 31.8 Å². The lowest BCUT2D eigenvalue weighted by Gasteiger charge is -2.39. The van der Waals surface area contributed by atoms with Crippen LogP contribution in [0.5, 0.6) is 0 Å². The quantitative estimate of drug-likeness (QED) is 0.712. The summed E-state index contributed by atoms with van der Waals surface area (Å²) >= 11 is 0. The van der Waals surface area contributed by atoms with Crippen LogP contribution in [0.3, 0.4) is 0 Å². The highest BCUT2D eigenvalue weighted by atomic mass is 32.2. The number of anilines is 1. The van der Waals surface area contributed by atoms with Crippen molar-refractivity contribution < 1.29 is 8.42 Å². The Morgan fingerprint density at radius 2 is 1.92 bits per heavy atom. The minimum absolute atomic E-state index is 0.309. The van der Waals surface area contributed by atoms with E-state index in [4.69, 9.17) is 0 Å². The average molecular weight is 381 g/mol. The summed E-state index contributed by atoms with van der Waals surface area (Å²) in [6.45, 7) is 8.60. The highest BCUT2D eigenvalue weighted by Gasteiger charge is 2.24. The van der Waals surface area contributed by atoms with Gasteiger partial charge in [-0.15, -0.1) is 0 Å². The molecule has 3 heterocycles. The van der Waals surface area contributed by atoms with E-state index >= 15 is 0 Å². The molecule has 2 saturated heterocycles. The zero-order chi connectivity index (χ0) is 18.4. The van der Waals surface area contributed by atoms with Crippen molar-refractivity contribution in [2.75, 3.05) is 69.3 Å². The Kier molecular flexibility index (Phi) is 6.89. The van der Waals surface area contributed by atoms with E-state index in [0.717, 1.165) is 58.1 Å². The second-order valence-corrected chi connectivity index (χ2v) is 10.0. The van der Waals surface area contributed by atoms with Crippen molar-refractivity contribution in [1.82, 2.24) is 14.8 Å². The van der Waals surface area contributed by atoms with Crippen LogP contribution in [-0.4, -0.2) is 87.6 Å². The van der Waals surface area contributed by atoms with Gasteiger partial charge in [-0.05, 0) is 50.4 Å². The number of pyridine rings is 1. The maximum Gasteiger partial charge on any atom is 0.147 e. The molecule has 1 unspecified atom stereocenters. The molecule has 146 valence electrons. The zero-order valence-electron chi connectivity index (χ0n) is 15.9. The third kappa shape index (κ3) is 6.21. The summed E-state index contributed by atoms with van der Waals surface area (Å²) in [7, 11) is -2.83. The molecule has 26 heavy (non-hydrogen) atoms. The molecule has 0 radical (unpaired) electrons. The molecule has 2 aliphatic rings. The maximum atomic E-state index is 11.3. The van der Waals surface area contributed by atoms with Gasteiger partial charge in [-0.1, -0.05) is 6.07 Å². The summed E-state index contributed by atoms with van der Waals surface area (Å²) in [6, 6.07) is 6.10. The highest BCUT2D eigenvalue weighted by molar-refractivity contribution is 7.90. The molecule has 0 aliphatic carbocycles. The molecule has 1 atom stereocenters. The molecular weight excluding hydrogens is 348 g/mol. The van der Waals surface area contributed by atoms with Crippen LogP contribution in [0, 0.1) is 5.92 Å². The van der Waals surface area contributed by atoms with Crippen LogP contribution < -0.4 is 4.90 Å². The van der Waals surface area contributed by atoms with Crippen LogP contribution in [0.4, 0.5) is 5.82 Å². The van der Waals surface area contributed by atoms with Gasteiger partial charge in [0.15, 0.2) is 0 Å². The fourth-order valence-electron chi connectivity index (χ4n) is 4.12. The third-order valence-electron chi connectivity index (χ3n) is 5.45. The number of piperidine rings is 1. The van der Waals surface area contributed by atoms with Gasteiger partial charge in [0.25, 0.3) is 0 Å². The Bertz CT molecular complexity index is 645. The van der Waals surface area contributed by atoms with E-state index in [1.807, 2.05) is 12.3 Å². The van der Waals surface area contributed by atoms with E-state index in [1.165, 1.54) is 25.6 Å². The van der Waals surface area contributed by atoms with Crippen LogP contribution in [0.15, 0.2) is 24.4 Å². The molecule has 0 bridgehead atoms. The largest absolute Gasteiger partial charge is 0.354 e. The lowest BCUT2D eigenvalue weighted by Crippen LogP contribution is -2.50. The standard InChI is InChI=1S/C19H32N4O2S/c1-26(24,25)15-5-10-21-9-4-6-18(16-21)17-22-11-13-23(14-12-22)19-7-2-3-8-20-19/h2-3,7-8,18H,4-6,9-17H2,1H3. The van der Waals surface area contributed by atoms with Crippen LogP contribution in [0.25, 0.3) is 0 Å². The molecule has 1 aromatic heterocycles. The lowest BCUT2D eigenvalue weighted by molar-refractivity contribution is 0.129. The van der Waals surface area contributed by atoms with E-state index in [0.29, 0.717) is 11.7 Å². The zero-order valence-corrected chi connectivity index (χ0v) is 16.7. The molecule has 0 spiro atoms. The number of sulfone groups is 1. The molecular formula is C19H32N4O2S. The number of piperazine rings is 1. The first-order valence-corrected chi connectivity index (χ1v) is 11.8. The molecule has 0 saturated carbocycles. The average Bonchev–Trinajstić information content (AvgIpc) is 2.62. The SMILES string of the molecule is CS(=O)(=O)CCCN1CCCC(CN2CCN(c3ccccn3)CC2)C1. The number of likely N-dealkylation sites (tertiary alicyclic amines) is 1. The summed E-state index contributed by atoms with van der Waals surface area (Å²) in [4.78, 5) is 11.9. The van der Waals surface area contributed by atoms with Crippen molar-refractivity contribution in [3.05, 3.63) is 24.4 Å². The Morgan fingerprint density at radius 3 is 2.62 bits per heavy atom. The number of rotatable bonds is 7. The summed E-state index contributed by atoms with van der Waals surface area (Å²) in [6.07, 6.45) is 6.48. The van der Waals surface area contributed by atoms with Gasteiger partial charge < -0.3 is 9.80 Å². The third-order valence-corrected chi connectivity index (χ3v) is 6.48. The van der Waals surface area contributed by atoms with Crippen molar-refractivity contribution in [3.63, 3.8) is 0 Å². The molecule has 0 amide bonds. The molecule has 0 aromatic carbocycles. The molecule has 2 aliphatic heterocycles. The number of nitrogens with zero attached hydrogens (tertiary/aromatic N) is 4. The first kappa shape index (κ1) is 19.6. The summed E-state index contributed by atoms with van der Waals surface area (Å²) in [5.74, 6) is 2.11. The molecule has 1 aromatic rings. The first-order valence-electron chi connectivity index (χ1n) is 9.78. The Morgan fingerprint density at radius 1 is 1.12 bits per heavy atom. The predicted molar refractivity (Wildman–Crippen MR) is 106 cm³/mol. The fourth-order valence-corrected chi connectivity index (χ4v) is 4.77. The summed E-state index contributed by atoms with van der Waals surface area (Å²) in [5, 5.41) is 0. The van der Waals surface area contributed by atoms with Crippen LogP contribution in [0.1, 0.15) is 19.3 Å². The smallest absolute Gasteiger partial charge is 0.147 e. The molecule has 0 N–H and O–H groups in total. The van der Waals surface area contributed by atoms with Crippen molar-refractivity contribution in [3.8, 4) is 0 Å². The van der Waals surface area contributed by atoms with Gasteiger partial charge in [0.1, 0.15) is 15.7 Å². The van der Waals surface area contributed by atoms with E-state index in [-0.39, 0.29) is 0 Å². The minimum atomic E-state index is -2.83. The van der Waals surface area contributed by atoms with Crippen molar-refractivity contribution >= 4 is 15.7 Å². The van der Waals surface area contributed by atoms with E-state index in [9.17, 15) is 8.42 Å². The van der Waals surface area contributed by atoms with E-state index < -0.39 is 9.84 Å². The van der Waals surface area contributed by atoms with Gasteiger partial charge >= 0.3 is 0 Å². The van der Waals surface area contributed by atoms with Gasteiger partial charge in [0.2, 0.25) is 0 Å². The number of aromatic nitrogens is 1. The topological polar surface area (TPSA) is 56.8 Å². The highest BCUT2D eigenvalue weighted by Crippen LogP contribution is 2.20. The van der Waals surface area contributed by atoms with Crippen molar-refractivity contribution in [1.29, 1.82) is 0 Å². The first-order chi connectivity index (χ1) is 12.5. The van der Waals surface area contributed by atoms with Gasteiger partial charge in [-0.3, -0.25) is 4.90 Å². The predicted octanol–water partition coefficient (Wildman–Crippen LogP) is 1.35. The number of hydrogen-bond donors (Lipinski definition) is 0. The Balaban J connectivity index is 1.39. The van der Waals surface area contributed by atoms with Crippen LogP contribution in [-0.2, 0) is 9.84 Å². The van der Waals surface area contributed by atoms with Crippen molar-refractivity contribution in [2.45, 2.75) is 19.3 Å². The number of hydrogen-bond acceptors (Lipinski definition) is 6. The lowest BCUT2D eigenvalue weighted by atomic mass is 9.97. The van der Waals surface area contributed by atoms with Crippen molar-refractivity contribution in [2.24, 2.45) is 5.92 Å². The summed E-state index contributed by atoms with van der Waals surface area (Å²) < 4.78 is 22.6. The second kappa shape index (κ2) is 9.15. The fraction of sp³-hybridized carbons (Fsp3) is 0.737. The summed E-state index contributed by atoms with van der Waals surface area (Å²) in [5.41, 5.74) is 0. The monoisotopic (exact) mass is 380 g/mol. The van der Waals surface area contributed by atoms with Gasteiger partial charge in [0, 0.05) is 51.7 Å². The molecule has 6 nitrogen and oxygen atoms in total. The normalized spacial score (nSPS) is 23.3. The minimum Gasteiger partial charge on any atom is -0.354 e. The van der Waals surface area contributed by atoms with Crippen LogP contribution >= 0.6 is 0 Å². The Labute approximate surface area is 158 Å². The van der Waals surface area contributed by atoms with Gasteiger partial charge in [0.05, 0.1) is 5.75 Å². The van der Waals surface area contributed by atoms with Gasteiger partial charge in [-0.25, -0.2) is 13.4 Å². The van der Waals surface area contributed by atoms with Crippen LogP contribution in [0.2, 0.25) is 0 Å². The second-order valence-electron chi connectivity index (χ2n) is 7.77. The van der Waals surface area contributed by atoms with E-state index in [1.54, 1.807) is 0 Å². The Hall–Kier alpha value is -1.18. The van der Waals surface area contributed by atoms with Gasteiger partial charge in [-0.2, -0.15) is 0 Å².